The molecule has 0 aromatic heterocycles. The van der Waals surface area contributed by atoms with Gasteiger partial charge in [0.2, 0.25) is 5.91 Å². The van der Waals surface area contributed by atoms with Crippen LogP contribution in [0, 0.1) is 5.92 Å². The molecule has 1 saturated heterocycles. The van der Waals surface area contributed by atoms with Crippen molar-refractivity contribution in [2.45, 2.75) is 44.2 Å². The number of benzene rings is 1. The molecule has 1 aliphatic carbocycles. The molecule has 4 rings (SSSR count). The molecule has 1 aromatic carbocycles. The topological polar surface area (TPSA) is 49.6 Å². The first-order chi connectivity index (χ1) is 10.2. The van der Waals surface area contributed by atoms with Gasteiger partial charge in [0.1, 0.15) is 6.04 Å². The zero-order chi connectivity index (χ0) is 14.6. The average molecular weight is 285 g/mol. The molecule has 1 saturated carbocycles. The molecule has 3 aliphatic rings. The summed E-state index contributed by atoms with van der Waals surface area (Å²) in [5.74, 6) is 0.869. The van der Waals surface area contributed by atoms with Gasteiger partial charge in [0.25, 0.3) is 0 Å². The first kappa shape index (κ1) is 13.1. The quantitative estimate of drug-likeness (QED) is 0.862. The summed E-state index contributed by atoms with van der Waals surface area (Å²) in [6, 6.07) is 6.59. The van der Waals surface area contributed by atoms with Crippen LogP contribution in [0.2, 0.25) is 0 Å². The van der Waals surface area contributed by atoms with Crippen molar-refractivity contribution >= 4 is 17.3 Å². The van der Waals surface area contributed by atoms with Gasteiger partial charge in [0.05, 0.1) is 5.69 Å². The van der Waals surface area contributed by atoms with Crippen LogP contribution in [-0.4, -0.2) is 25.5 Å². The monoisotopic (exact) mass is 285 g/mol. The van der Waals surface area contributed by atoms with Crippen LogP contribution in [0.5, 0.6) is 0 Å². The van der Waals surface area contributed by atoms with Gasteiger partial charge < -0.3 is 15.5 Å². The molecule has 0 radical (unpaired) electrons. The molecule has 3 atom stereocenters. The fourth-order valence-corrected chi connectivity index (χ4v) is 4.50. The van der Waals surface area contributed by atoms with Crippen molar-refractivity contribution < 1.29 is 4.79 Å². The number of amides is 1. The molecule has 1 amide bonds. The molecule has 2 heterocycles. The van der Waals surface area contributed by atoms with E-state index in [0.717, 1.165) is 23.7 Å². The largest absolute Gasteiger partial charge is 0.368 e. The van der Waals surface area contributed by atoms with Crippen molar-refractivity contribution in [3.8, 4) is 0 Å². The number of nitrogens with two attached hydrogens (primary N) is 1. The van der Waals surface area contributed by atoms with Crippen LogP contribution in [0.1, 0.15) is 43.7 Å². The van der Waals surface area contributed by atoms with Crippen LogP contribution in [0.25, 0.3) is 0 Å². The standard InChI is InChI=1S/C17H23N3O/c1-19-15-10-12(7-8-13(15)16(18)17(19)21)20-9-3-5-11-4-2-6-14(11)20/h7-8,10-11,14,16H,2-6,9,18H2,1H3. The summed E-state index contributed by atoms with van der Waals surface area (Å²) in [6.07, 6.45) is 6.73. The highest BCUT2D eigenvalue weighted by molar-refractivity contribution is 6.04. The molecular weight excluding hydrogens is 262 g/mol. The van der Waals surface area contributed by atoms with E-state index in [2.05, 4.69) is 23.1 Å². The van der Waals surface area contributed by atoms with E-state index in [-0.39, 0.29) is 5.91 Å². The Morgan fingerprint density at radius 3 is 2.86 bits per heavy atom. The maximum Gasteiger partial charge on any atom is 0.248 e. The molecule has 2 aliphatic heterocycles. The first-order valence-corrected chi connectivity index (χ1v) is 8.10. The third-order valence-corrected chi connectivity index (χ3v) is 5.63. The van der Waals surface area contributed by atoms with Gasteiger partial charge in [-0.1, -0.05) is 12.5 Å². The molecule has 4 nitrogen and oxygen atoms in total. The minimum atomic E-state index is -0.486. The molecule has 1 aromatic rings. The van der Waals surface area contributed by atoms with Gasteiger partial charge >= 0.3 is 0 Å². The number of likely N-dealkylation sites (N-methyl/N-ethyl adjacent to an activating group) is 1. The van der Waals surface area contributed by atoms with Crippen LogP contribution in [0.3, 0.4) is 0 Å². The lowest BCUT2D eigenvalue weighted by Crippen LogP contribution is -2.42. The smallest absolute Gasteiger partial charge is 0.248 e. The number of piperidine rings is 1. The van der Waals surface area contributed by atoms with E-state index in [4.69, 9.17) is 5.73 Å². The Bertz CT molecular complexity index is 585. The normalized spacial score (nSPS) is 31.5. The molecular formula is C17H23N3O. The van der Waals surface area contributed by atoms with E-state index in [0.29, 0.717) is 6.04 Å². The summed E-state index contributed by atoms with van der Waals surface area (Å²) in [5, 5.41) is 0. The number of hydrogen-bond donors (Lipinski definition) is 1. The Morgan fingerprint density at radius 2 is 2.00 bits per heavy atom. The number of fused-ring (bicyclic) bond motifs is 2. The number of carbonyl (C=O) groups excluding carboxylic acids is 1. The lowest BCUT2D eigenvalue weighted by Gasteiger charge is -2.39. The van der Waals surface area contributed by atoms with Crippen molar-refractivity contribution in [1.29, 1.82) is 0 Å². The van der Waals surface area contributed by atoms with Crippen molar-refractivity contribution in [3.05, 3.63) is 23.8 Å². The Morgan fingerprint density at radius 1 is 1.19 bits per heavy atom. The Balaban J connectivity index is 1.69. The minimum Gasteiger partial charge on any atom is -0.368 e. The van der Waals surface area contributed by atoms with Crippen molar-refractivity contribution in [2.75, 3.05) is 23.4 Å². The Kier molecular flexibility index (Phi) is 2.96. The summed E-state index contributed by atoms with van der Waals surface area (Å²) >= 11 is 0. The van der Waals surface area contributed by atoms with Crippen LogP contribution in [0.4, 0.5) is 11.4 Å². The predicted molar refractivity (Wildman–Crippen MR) is 84.5 cm³/mol. The zero-order valence-corrected chi connectivity index (χ0v) is 12.6. The van der Waals surface area contributed by atoms with Crippen molar-refractivity contribution in [3.63, 3.8) is 0 Å². The molecule has 21 heavy (non-hydrogen) atoms. The number of anilines is 2. The van der Waals surface area contributed by atoms with E-state index in [1.807, 2.05) is 7.05 Å². The average Bonchev–Trinajstić information content (AvgIpc) is 3.07. The summed E-state index contributed by atoms with van der Waals surface area (Å²) in [6.45, 7) is 1.14. The maximum absolute atomic E-state index is 12.0. The highest BCUT2D eigenvalue weighted by Gasteiger charge is 2.37. The first-order valence-electron chi connectivity index (χ1n) is 8.10. The Labute approximate surface area is 125 Å². The van der Waals surface area contributed by atoms with E-state index < -0.39 is 6.04 Å². The summed E-state index contributed by atoms with van der Waals surface area (Å²) in [7, 11) is 1.83. The SMILES string of the molecule is CN1C(=O)C(N)c2ccc(N3CCCC4CCCC43)cc21. The molecule has 2 fully saturated rings. The van der Waals surface area contributed by atoms with Gasteiger partial charge in [0.15, 0.2) is 0 Å². The van der Waals surface area contributed by atoms with Crippen LogP contribution >= 0.6 is 0 Å². The van der Waals surface area contributed by atoms with E-state index in [9.17, 15) is 4.79 Å². The molecule has 3 unspecified atom stereocenters. The third kappa shape index (κ3) is 1.89. The molecule has 112 valence electrons. The van der Waals surface area contributed by atoms with Gasteiger partial charge in [-0.2, -0.15) is 0 Å². The highest BCUT2D eigenvalue weighted by atomic mass is 16.2. The van der Waals surface area contributed by atoms with Gasteiger partial charge in [-0.15, -0.1) is 0 Å². The van der Waals surface area contributed by atoms with Crippen LogP contribution in [0.15, 0.2) is 18.2 Å². The second kappa shape index (κ2) is 4.73. The van der Waals surface area contributed by atoms with Gasteiger partial charge in [0, 0.05) is 30.9 Å². The molecule has 2 N–H and O–H groups in total. The van der Waals surface area contributed by atoms with E-state index >= 15 is 0 Å². The van der Waals surface area contributed by atoms with Gasteiger partial charge in [-0.05, 0) is 43.7 Å². The van der Waals surface area contributed by atoms with Crippen molar-refractivity contribution in [2.24, 2.45) is 11.7 Å². The third-order valence-electron chi connectivity index (χ3n) is 5.63. The predicted octanol–water partition coefficient (Wildman–Crippen LogP) is 2.43. The van der Waals surface area contributed by atoms with Gasteiger partial charge in [-0.25, -0.2) is 0 Å². The second-order valence-electron chi connectivity index (χ2n) is 6.71. The summed E-state index contributed by atoms with van der Waals surface area (Å²) < 4.78 is 0. The van der Waals surface area contributed by atoms with E-state index in [1.165, 1.54) is 37.8 Å². The number of hydrogen-bond acceptors (Lipinski definition) is 3. The van der Waals surface area contributed by atoms with Crippen molar-refractivity contribution in [1.82, 2.24) is 0 Å². The lowest BCUT2D eigenvalue weighted by atomic mass is 9.91. The molecule has 0 bridgehead atoms. The second-order valence-corrected chi connectivity index (χ2v) is 6.71. The number of rotatable bonds is 1. The number of nitrogens with zero attached hydrogens (tertiary/aromatic N) is 2. The zero-order valence-electron chi connectivity index (χ0n) is 12.6. The fourth-order valence-electron chi connectivity index (χ4n) is 4.50. The summed E-state index contributed by atoms with van der Waals surface area (Å²) in [4.78, 5) is 16.3. The fraction of sp³-hybridized carbons (Fsp3) is 0.588. The van der Waals surface area contributed by atoms with Gasteiger partial charge in [-0.3, -0.25) is 4.79 Å². The van der Waals surface area contributed by atoms with Crippen LogP contribution in [-0.2, 0) is 4.79 Å². The van der Waals surface area contributed by atoms with E-state index in [1.54, 1.807) is 4.90 Å². The highest BCUT2D eigenvalue weighted by Crippen LogP contribution is 2.42. The lowest BCUT2D eigenvalue weighted by molar-refractivity contribution is -0.118. The molecule has 4 heteroatoms. The molecule has 0 spiro atoms. The van der Waals surface area contributed by atoms with Crippen LogP contribution < -0.4 is 15.5 Å². The maximum atomic E-state index is 12.0. The Hall–Kier alpha value is -1.55. The minimum absolute atomic E-state index is 0.000429. The summed E-state index contributed by atoms with van der Waals surface area (Å²) in [5.41, 5.74) is 9.21. The number of carbonyl (C=O) groups is 1.